The second-order valence-corrected chi connectivity index (χ2v) is 9.45. The van der Waals surface area contributed by atoms with Crippen molar-refractivity contribution in [2.75, 3.05) is 6.61 Å². The van der Waals surface area contributed by atoms with Gasteiger partial charge in [-0.2, -0.15) is 13.3 Å². The van der Waals surface area contributed by atoms with Gasteiger partial charge in [-0.3, -0.25) is 19.0 Å². The van der Waals surface area contributed by atoms with Crippen LogP contribution in [0.4, 0.5) is 0 Å². The van der Waals surface area contributed by atoms with Gasteiger partial charge in [-0.15, -0.1) is 0 Å². The van der Waals surface area contributed by atoms with Gasteiger partial charge >= 0.3 is 77.0 Å². The predicted molar refractivity (Wildman–Crippen MR) is 133 cm³/mol. The van der Waals surface area contributed by atoms with Crippen LogP contribution in [0.3, 0.4) is 0 Å². The van der Waals surface area contributed by atoms with Crippen LogP contribution in [0.1, 0.15) is 110 Å². The molecule has 0 spiro atoms. The number of ether oxygens (including phenoxy) is 1. The zero-order valence-corrected chi connectivity index (χ0v) is 20.3. The second-order valence-electron chi connectivity index (χ2n) is 7.86. The van der Waals surface area contributed by atoms with Crippen LogP contribution in [0.15, 0.2) is 0 Å². The van der Waals surface area contributed by atoms with Crippen LogP contribution in [0, 0.1) is 0 Å². The standard InChI is InChI=1S/C22H40O9S.2Na.2H/c1-3-5-6-7-8-9-10-11-12-13-14-15-16-17-20(23)30-22(25)19(32(26,27)28)18-21(24)31-29-4-2;;;;/h19H,3-18H2,1-2H3,(H,26,27,28);;;;. The number of hydrogen-bond donors (Lipinski definition) is 1. The van der Waals surface area contributed by atoms with Gasteiger partial charge < -0.3 is 4.74 Å². The summed E-state index contributed by atoms with van der Waals surface area (Å²) in [6, 6.07) is 0. The van der Waals surface area contributed by atoms with Crippen LogP contribution in [-0.2, 0) is 39.0 Å². The minimum absolute atomic E-state index is 0. The van der Waals surface area contributed by atoms with Gasteiger partial charge in [0.1, 0.15) is 0 Å². The summed E-state index contributed by atoms with van der Waals surface area (Å²) in [6.07, 6.45) is 13.8. The summed E-state index contributed by atoms with van der Waals surface area (Å²) in [7, 11) is -4.96. The molecule has 34 heavy (non-hydrogen) atoms. The molecule has 1 atom stereocenters. The van der Waals surface area contributed by atoms with Crippen molar-refractivity contribution in [2.24, 2.45) is 0 Å². The van der Waals surface area contributed by atoms with Crippen molar-refractivity contribution in [2.45, 2.75) is 115 Å². The van der Waals surface area contributed by atoms with Crippen molar-refractivity contribution in [3.05, 3.63) is 0 Å². The fourth-order valence-electron chi connectivity index (χ4n) is 3.14. The monoisotopic (exact) mass is 528 g/mol. The van der Waals surface area contributed by atoms with Crippen LogP contribution in [0.25, 0.3) is 0 Å². The molecule has 9 nitrogen and oxygen atoms in total. The Bertz CT molecular complexity index is 642. The number of unbranched alkanes of at least 4 members (excludes halogenated alkanes) is 12. The Morgan fingerprint density at radius 3 is 1.59 bits per heavy atom. The molecule has 192 valence electrons. The summed E-state index contributed by atoms with van der Waals surface area (Å²) in [5, 5.41) is -2.24. The van der Waals surface area contributed by atoms with Crippen molar-refractivity contribution >= 4 is 87.1 Å². The topological polar surface area (TPSA) is 133 Å². The molecular weight excluding hydrogens is 486 g/mol. The Kier molecular flexibility index (Phi) is 28.8. The zero-order valence-electron chi connectivity index (χ0n) is 19.5. The van der Waals surface area contributed by atoms with Gasteiger partial charge in [0, 0.05) is 6.42 Å². The van der Waals surface area contributed by atoms with Gasteiger partial charge in [-0.1, -0.05) is 84.0 Å². The van der Waals surface area contributed by atoms with Crippen molar-refractivity contribution in [3.8, 4) is 0 Å². The molecule has 0 amide bonds. The number of hydrogen-bond acceptors (Lipinski definition) is 8. The average molecular weight is 529 g/mol. The van der Waals surface area contributed by atoms with E-state index < -0.39 is 39.7 Å². The van der Waals surface area contributed by atoms with Crippen molar-refractivity contribution in [3.63, 3.8) is 0 Å². The second kappa shape index (κ2) is 25.1. The molecule has 12 heteroatoms. The molecule has 0 fully saturated rings. The average Bonchev–Trinajstić information content (AvgIpc) is 2.72. The summed E-state index contributed by atoms with van der Waals surface area (Å²) in [4.78, 5) is 43.7. The van der Waals surface area contributed by atoms with Crippen molar-refractivity contribution in [1.29, 1.82) is 0 Å². The molecule has 0 saturated carbocycles. The first kappa shape index (κ1) is 39.0. The van der Waals surface area contributed by atoms with Crippen LogP contribution in [0.2, 0.25) is 0 Å². The van der Waals surface area contributed by atoms with E-state index in [-0.39, 0.29) is 72.1 Å². The Morgan fingerprint density at radius 1 is 0.735 bits per heavy atom. The molecular formula is C22H42Na2O9S. The van der Waals surface area contributed by atoms with E-state index in [0.717, 1.165) is 25.7 Å². The third-order valence-electron chi connectivity index (χ3n) is 4.94. The Morgan fingerprint density at radius 2 is 1.18 bits per heavy atom. The molecule has 1 unspecified atom stereocenters. The first-order valence-electron chi connectivity index (χ1n) is 11.7. The summed E-state index contributed by atoms with van der Waals surface area (Å²) in [6.45, 7) is 3.76. The maximum absolute atomic E-state index is 11.9. The fraction of sp³-hybridized carbons (Fsp3) is 0.864. The summed E-state index contributed by atoms with van der Waals surface area (Å²) in [5.74, 6) is -3.60. The van der Waals surface area contributed by atoms with E-state index >= 15 is 0 Å². The van der Waals surface area contributed by atoms with Crippen LogP contribution >= 0.6 is 0 Å². The Labute approximate surface area is 249 Å². The molecule has 0 aromatic carbocycles. The third-order valence-corrected chi connectivity index (χ3v) is 6.02. The molecule has 0 aromatic heterocycles. The fourth-order valence-corrected chi connectivity index (χ4v) is 3.77. The van der Waals surface area contributed by atoms with Gasteiger partial charge in [-0.05, 0) is 13.3 Å². The first-order chi connectivity index (χ1) is 15.2. The van der Waals surface area contributed by atoms with Gasteiger partial charge in [0.2, 0.25) is 0 Å². The molecule has 0 bridgehead atoms. The minimum atomic E-state index is -4.96. The van der Waals surface area contributed by atoms with E-state index in [9.17, 15) is 22.8 Å². The Hall–Kier alpha value is 0.480. The summed E-state index contributed by atoms with van der Waals surface area (Å²) < 4.78 is 36.3. The van der Waals surface area contributed by atoms with E-state index in [4.69, 9.17) is 4.55 Å². The SMILES string of the molecule is CCCCCCCCCCCCCCCC(=O)OC(=O)C(CC(=O)OOCC)S(=O)(=O)O.[NaH].[NaH]. The van der Waals surface area contributed by atoms with E-state index in [1.807, 2.05) is 0 Å². The first-order valence-corrected chi connectivity index (χ1v) is 13.3. The molecule has 0 radical (unpaired) electrons. The Balaban J connectivity index is -0.00000480. The molecule has 0 aliphatic heterocycles. The predicted octanol–water partition coefficient (Wildman–Crippen LogP) is 3.38. The molecule has 0 aromatic rings. The third kappa shape index (κ3) is 22.9. The van der Waals surface area contributed by atoms with Crippen LogP contribution < -0.4 is 0 Å². The van der Waals surface area contributed by atoms with E-state index in [1.54, 1.807) is 0 Å². The van der Waals surface area contributed by atoms with Crippen LogP contribution in [-0.4, -0.2) is 102 Å². The van der Waals surface area contributed by atoms with Crippen LogP contribution in [0.5, 0.6) is 0 Å². The molecule has 1 N–H and O–H groups in total. The van der Waals surface area contributed by atoms with Gasteiger partial charge in [0.05, 0.1) is 13.0 Å². The van der Waals surface area contributed by atoms with Crippen molar-refractivity contribution < 1.29 is 41.9 Å². The number of carbonyl (C=O) groups excluding carboxylic acids is 3. The van der Waals surface area contributed by atoms with E-state index in [1.165, 1.54) is 58.3 Å². The van der Waals surface area contributed by atoms with Gasteiger partial charge in [0.25, 0.3) is 10.1 Å². The van der Waals surface area contributed by atoms with Crippen molar-refractivity contribution in [1.82, 2.24) is 0 Å². The summed E-state index contributed by atoms with van der Waals surface area (Å²) >= 11 is 0. The number of rotatable bonds is 20. The zero-order chi connectivity index (χ0) is 24.2. The quantitative estimate of drug-likeness (QED) is 0.0480. The molecule has 0 aliphatic rings. The normalized spacial score (nSPS) is 11.6. The molecule has 0 rings (SSSR count). The van der Waals surface area contributed by atoms with E-state index in [0.29, 0.717) is 6.42 Å². The van der Waals surface area contributed by atoms with E-state index in [2.05, 4.69) is 21.4 Å². The summed E-state index contributed by atoms with van der Waals surface area (Å²) in [5.41, 5.74) is 0. The van der Waals surface area contributed by atoms with Gasteiger partial charge in [-0.25, -0.2) is 4.79 Å². The molecule has 0 aliphatic carbocycles. The maximum atomic E-state index is 11.9. The molecule has 0 saturated heterocycles. The molecule has 0 heterocycles. The van der Waals surface area contributed by atoms with Gasteiger partial charge in [0.15, 0.2) is 5.25 Å². The number of esters is 2. The number of carbonyl (C=O) groups is 3.